The van der Waals surface area contributed by atoms with E-state index in [2.05, 4.69) is 17.5 Å². The van der Waals surface area contributed by atoms with E-state index in [1.54, 1.807) is 22.7 Å². The van der Waals surface area contributed by atoms with Crippen LogP contribution in [-0.4, -0.2) is 0 Å². The highest BCUT2D eigenvalue weighted by Crippen LogP contribution is 2.36. The SMILES string of the molecule is Cc1ccc(-c2cc3sccc3s2)o1. The van der Waals surface area contributed by atoms with Gasteiger partial charge in [-0.15, -0.1) is 22.7 Å². The van der Waals surface area contributed by atoms with E-state index >= 15 is 0 Å². The number of hydrogen-bond donors (Lipinski definition) is 0. The van der Waals surface area contributed by atoms with Gasteiger partial charge in [-0.1, -0.05) is 0 Å². The normalized spacial score (nSPS) is 11.2. The molecule has 3 heteroatoms. The molecule has 14 heavy (non-hydrogen) atoms. The van der Waals surface area contributed by atoms with Gasteiger partial charge in [-0.05, 0) is 36.6 Å². The number of furan rings is 1. The lowest BCUT2D eigenvalue weighted by atomic mass is 10.3. The fourth-order valence-electron chi connectivity index (χ4n) is 1.45. The molecule has 3 aromatic heterocycles. The van der Waals surface area contributed by atoms with Gasteiger partial charge in [0.2, 0.25) is 0 Å². The van der Waals surface area contributed by atoms with Crippen LogP contribution in [0.3, 0.4) is 0 Å². The highest BCUT2D eigenvalue weighted by Gasteiger charge is 2.07. The second kappa shape index (κ2) is 2.97. The van der Waals surface area contributed by atoms with Gasteiger partial charge in [0.25, 0.3) is 0 Å². The smallest absolute Gasteiger partial charge is 0.144 e. The molecule has 0 atom stereocenters. The van der Waals surface area contributed by atoms with E-state index < -0.39 is 0 Å². The van der Waals surface area contributed by atoms with Crippen LogP contribution in [0.25, 0.3) is 20.0 Å². The second-order valence-electron chi connectivity index (χ2n) is 3.17. The topological polar surface area (TPSA) is 13.1 Å². The number of rotatable bonds is 1. The van der Waals surface area contributed by atoms with Crippen molar-refractivity contribution < 1.29 is 4.42 Å². The van der Waals surface area contributed by atoms with Gasteiger partial charge in [-0.3, -0.25) is 0 Å². The lowest BCUT2D eigenvalue weighted by Gasteiger charge is -1.87. The summed E-state index contributed by atoms with van der Waals surface area (Å²) >= 11 is 3.57. The van der Waals surface area contributed by atoms with E-state index in [-0.39, 0.29) is 0 Å². The average Bonchev–Trinajstić information content (AvgIpc) is 2.75. The molecule has 0 N–H and O–H groups in total. The Balaban J connectivity index is 2.18. The third-order valence-electron chi connectivity index (χ3n) is 2.12. The Morgan fingerprint density at radius 3 is 2.79 bits per heavy atom. The fraction of sp³-hybridized carbons (Fsp3) is 0.0909. The molecular formula is C11H8OS2. The Kier molecular flexibility index (Phi) is 1.75. The van der Waals surface area contributed by atoms with Crippen molar-refractivity contribution in [3.63, 3.8) is 0 Å². The van der Waals surface area contributed by atoms with Gasteiger partial charge < -0.3 is 4.42 Å². The molecule has 0 spiro atoms. The van der Waals surface area contributed by atoms with Gasteiger partial charge in [0.1, 0.15) is 11.5 Å². The molecular weight excluding hydrogens is 212 g/mol. The molecule has 0 bridgehead atoms. The summed E-state index contributed by atoms with van der Waals surface area (Å²) in [7, 11) is 0. The van der Waals surface area contributed by atoms with Crippen LogP contribution in [0.1, 0.15) is 5.76 Å². The molecule has 0 fully saturated rings. The molecule has 1 nitrogen and oxygen atoms in total. The lowest BCUT2D eigenvalue weighted by molar-refractivity contribution is 0.549. The number of thiophene rings is 2. The first kappa shape index (κ1) is 8.26. The van der Waals surface area contributed by atoms with Crippen LogP contribution in [0.15, 0.2) is 34.1 Å². The maximum atomic E-state index is 5.58. The van der Waals surface area contributed by atoms with Crippen molar-refractivity contribution in [2.24, 2.45) is 0 Å². The minimum Gasteiger partial charge on any atom is -0.461 e. The zero-order valence-corrected chi connectivity index (χ0v) is 9.24. The first-order chi connectivity index (χ1) is 6.83. The van der Waals surface area contributed by atoms with Crippen molar-refractivity contribution >= 4 is 32.1 Å². The Bertz CT molecular complexity index is 542. The minimum atomic E-state index is 0.969. The molecule has 0 saturated carbocycles. The van der Waals surface area contributed by atoms with E-state index in [1.807, 2.05) is 19.1 Å². The van der Waals surface area contributed by atoms with Crippen LogP contribution < -0.4 is 0 Å². The van der Waals surface area contributed by atoms with E-state index in [0.29, 0.717) is 0 Å². The number of hydrogen-bond acceptors (Lipinski definition) is 3. The summed E-state index contributed by atoms with van der Waals surface area (Å²) in [6.45, 7) is 1.97. The zero-order chi connectivity index (χ0) is 9.54. The van der Waals surface area contributed by atoms with Crippen LogP contribution >= 0.6 is 22.7 Å². The van der Waals surface area contributed by atoms with E-state index in [9.17, 15) is 0 Å². The maximum Gasteiger partial charge on any atom is 0.144 e. The summed E-state index contributed by atoms with van der Waals surface area (Å²) in [6.07, 6.45) is 0. The van der Waals surface area contributed by atoms with Crippen LogP contribution in [0.2, 0.25) is 0 Å². The Morgan fingerprint density at radius 2 is 2.07 bits per heavy atom. The Labute approximate surface area is 89.6 Å². The van der Waals surface area contributed by atoms with Crippen LogP contribution in [-0.2, 0) is 0 Å². The van der Waals surface area contributed by atoms with Gasteiger partial charge >= 0.3 is 0 Å². The molecule has 0 aromatic carbocycles. The molecule has 3 aromatic rings. The largest absolute Gasteiger partial charge is 0.461 e. The summed E-state index contributed by atoms with van der Waals surface area (Å²) in [6, 6.07) is 8.39. The molecule has 0 amide bonds. The van der Waals surface area contributed by atoms with Gasteiger partial charge in [-0.25, -0.2) is 0 Å². The molecule has 3 rings (SSSR count). The summed E-state index contributed by atoms with van der Waals surface area (Å²) in [5.74, 6) is 1.95. The average molecular weight is 220 g/mol. The van der Waals surface area contributed by atoms with E-state index in [1.165, 1.54) is 14.3 Å². The van der Waals surface area contributed by atoms with Gasteiger partial charge in [-0.2, -0.15) is 0 Å². The monoisotopic (exact) mass is 220 g/mol. The predicted octanol–water partition coefficient (Wildman–Crippen LogP) is 4.53. The summed E-state index contributed by atoms with van der Waals surface area (Å²) < 4.78 is 8.28. The van der Waals surface area contributed by atoms with E-state index in [0.717, 1.165) is 11.5 Å². The van der Waals surface area contributed by atoms with Gasteiger partial charge in [0, 0.05) is 9.40 Å². The van der Waals surface area contributed by atoms with Crippen molar-refractivity contribution in [2.45, 2.75) is 6.92 Å². The molecule has 0 saturated heterocycles. The minimum absolute atomic E-state index is 0.969. The summed E-state index contributed by atoms with van der Waals surface area (Å²) in [5.41, 5.74) is 0. The van der Waals surface area contributed by atoms with Crippen molar-refractivity contribution in [3.8, 4) is 10.6 Å². The first-order valence-corrected chi connectivity index (χ1v) is 6.06. The molecule has 3 heterocycles. The maximum absolute atomic E-state index is 5.58. The van der Waals surface area contributed by atoms with Gasteiger partial charge in [0.05, 0.1) is 4.88 Å². The fourth-order valence-corrected chi connectivity index (χ4v) is 3.52. The van der Waals surface area contributed by atoms with Gasteiger partial charge in [0.15, 0.2) is 0 Å². The van der Waals surface area contributed by atoms with Crippen molar-refractivity contribution in [2.75, 3.05) is 0 Å². The zero-order valence-electron chi connectivity index (χ0n) is 7.61. The van der Waals surface area contributed by atoms with Crippen molar-refractivity contribution in [3.05, 3.63) is 35.4 Å². The lowest BCUT2D eigenvalue weighted by Crippen LogP contribution is -1.61. The highest BCUT2D eigenvalue weighted by molar-refractivity contribution is 7.28. The number of fused-ring (bicyclic) bond motifs is 1. The standard InChI is InChI=1S/C11H8OS2/c1-7-2-3-8(12-7)10-6-11-9(14-10)4-5-13-11/h2-6H,1H3. The molecule has 70 valence electrons. The molecule has 0 aliphatic heterocycles. The first-order valence-electron chi connectivity index (χ1n) is 4.37. The van der Waals surface area contributed by atoms with E-state index in [4.69, 9.17) is 4.42 Å². The van der Waals surface area contributed by atoms with Crippen LogP contribution in [0, 0.1) is 6.92 Å². The third-order valence-corrected chi connectivity index (χ3v) is 4.23. The Morgan fingerprint density at radius 1 is 1.14 bits per heavy atom. The quantitative estimate of drug-likeness (QED) is 0.587. The molecule has 0 radical (unpaired) electrons. The second-order valence-corrected chi connectivity index (χ2v) is 5.20. The Hall–Kier alpha value is -1.06. The van der Waals surface area contributed by atoms with Crippen molar-refractivity contribution in [1.82, 2.24) is 0 Å². The van der Waals surface area contributed by atoms with Crippen LogP contribution in [0.5, 0.6) is 0 Å². The third kappa shape index (κ3) is 1.21. The predicted molar refractivity (Wildman–Crippen MR) is 62.1 cm³/mol. The van der Waals surface area contributed by atoms with Crippen LogP contribution in [0.4, 0.5) is 0 Å². The molecule has 0 aliphatic rings. The van der Waals surface area contributed by atoms with Crippen molar-refractivity contribution in [1.29, 1.82) is 0 Å². The molecule has 0 aliphatic carbocycles. The summed E-state index contributed by atoms with van der Waals surface area (Å²) in [4.78, 5) is 1.22. The molecule has 0 unspecified atom stereocenters. The number of aryl methyl sites for hydroxylation is 1. The highest BCUT2D eigenvalue weighted by atomic mass is 32.1. The summed E-state index contributed by atoms with van der Waals surface area (Å²) in [5, 5.41) is 2.12.